The zero-order valence-electron chi connectivity index (χ0n) is 9.14. The van der Waals surface area contributed by atoms with Crippen LogP contribution in [-0.2, 0) is 11.3 Å². The largest absolute Gasteiger partial charge is 0.481 e. The summed E-state index contributed by atoms with van der Waals surface area (Å²) < 4.78 is 1.65. The fourth-order valence-corrected chi connectivity index (χ4v) is 1.29. The third kappa shape index (κ3) is 3.72. The highest BCUT2D eigenvalue weighted by Gasteiger charge is 2.06. The highest BCUT2D eigenvalue weighted by Crippen LogP contribution is 2.01. The fraction of sp³-hybridized carbons (Fsp3) is 0.500. The molecule has 0 aromatic carbocycles. The minimum Gasteiger partial charge on any atom is -0.481 e. The number of hydrogen-bond acceptors (Lipinski definition) is 3. The van der Waals surface area contributed by atoms with Crippen molar-refractivity contribution in [2.24, 2.45) is 0 Å². The standard InChI is InChI=1S/C10H15N3O3/c1-11-10(16)8-5-7-13(12-8)6-3-2-4-9(14)15/h5,7H,2-4,6H2,1H3,(H,11,16)(H,14,15). The quantitative estimate of drug-likeness (QED) is 0.690. The van der Waals surface area contributed by atoms with Crippen molar-refractivity contribution in [1.29, 1.82) is 0 Å². The van der Waals surface area contributed by atoms with Crippen LogP contribution in [-0.4, -0.2) is 33.8 Å². The average Bonchev–Trinajstić information content (AvgIpc) is 2.71. The summed E-state index contributed by atoms with van der Waals surface area (Å²) >= 11 is 0. The second-order valence-electron chi connectivity index (χ2n) is 3.39. The smallest absolute Gasteiger partial charge is 0.303 e. The number of hydrogen-bond donors (Lipinski definition) is 2. The van der Waals surface area contributed by atoms with Gasteiger partial charge in [-0.15, -0.1) is 0 Å². The molecule has 1 aromatic rings. The molecule has 0 bridgehead atoms. The van der Waals surface area contributed by atoms with Crippen molar-refractivity contribution >= 4 is 11.9 Å². The Labute approximate surface area is 93.3 Å². The van der Waals surface area contributed by atoms with Gasteiger partial charge in [0.2, 0.25) is 0 Å². The first-order valence-electron chi connectivity index (χ1n) is 5.11. The van der Waals surface area contributed by atoms with Gasteiger partial charge >= 0.3 is 5.97 Å². The van der Waals surface area contributed by atoms with E-state index >= 15 is 0 Å². The van der Waals surface area contributed by atoms with Gasteiger partial charge in [-0.1, -0.05) is 0 Å². The van der Waals surface area contributed by atoms with Crippen LogP contribution in [0.15, 0.2) is 12.3 Å². The number of unbranched alkanes of at least 4 members (excludes halogenated alkanes) is 1. The average molecular weight is 225 g/mol. The number of carboxylic acids is 1. The second-order valence-corrected chi connectivity index (χ2v) is 3.39. The first-order valence-corrected chi connectivity index (χ1v) is 5.11. The third-order valence-corrected chi connectivity index (χ3v) is 2.13. The molecule has 0 radical (unpaired) electrons. The molecule has 1 heterocycles. The molecule has 0 atom stereocenters. The van der Waals surface area contributed by atoms with Crippen molar-refractivity contribution in [2.75, 3.05) is 7.05 Å². The fourth-order valence-electron chi connectivity index (χ4n) is 1.29. The van der Waals surface area contributed by atoms with Crippen LogP contribution in [0.3, 0.4) is 0 Å². The minimum atomic E-state index is -0.786. The van der Waals surface area contributed by atoms with Gasteiger partial charge in [0.1, 0.15) is 5.69 Å². The van der Waals surface area contributed by atoms with Crippen molar-refractivity contribution in [2.45, 2.75) is 25.8 Å². The van der Waals surface area contributed by atoms with E-state index in [2.05, 4.69) is 10.4 Å². The number of carbonyl (C=O) groups excluding carboxylic acids is 1. The summed E-state index contributed by atoms with van der Waals surface area (Å²) in [7, 11) is 1.55. The van der Waals surface area contributed by atoms with Crippen LogP contribution in [0.4, 0.5) is 0 Å². The highest BCUT2D eigenvalue weighted by molar-refractivity contribution is 5.91. The van der Waals surface area contributed by atoms with E-state index in [1.807, 2.05) is 0 Å². The van der Waals surface area contributed by atoms with Gasteiger partial charge < -0.3 is 10.4 Å². The molecule has 0 saturated heterocycles. The summed E-state index contributed by atoms with van der Waals surface area (Å²) in [5.74, 6) is -1.00. The first kappa shape index (κ1) is 12.2. The van der Waals surface area contributed by atoms with Gasteiger partial charge in [0, 0.05) is 26.2 Å². The van der Waals surface area contributed by atoms with Crippen molar-refractivity contribution in [3.8, 4) is 0 Å². The zero-order chi connectivity index (χ0) is 12.0. The molecule has 88 valence electrons. The maximum Gasteiger partial charge on any atom is 0.303 e. The summed E-state index contributed by atoms with van der Waals surface area (Å²) in [4.78, 5) is 21.4. The summed E-state index contributed by atoms with van der Waals surface area (Å²) in [5, 5.41) is 15.0. The zero-order valence-corrected chi connectivity index (χ0v) is 9.14. The van der Waals surface area contributed by atoms with Gasteiger partial charge in [0.25, 0.3) is 5.91 Å². The predicted octanol–water partition coefficient (Wildman–Crippen LogP) is 0.498. The third-order valence-electron chi connectivity index (χ3n) is 2.13. The van der Waals surface area contributed by atoms with E-state index in [1.165, 1.54) is 0 Å². The molecule has 6 heteroatoms. The lowest BCUT2D eigenvalue weighted by Gasteiger charge is -1.99. The van der Waals surface area contributed by atoms with Crippen molar-refractivity contribution in [3.63, 3.8) is 0 Å². The summed E-state index contributed by atoms with van der Waals surface area (Å²) in [6, 6.07) is 1.63. The summed E-state index contributed by atoms with van der Waals surface area (Å²) in [5.41, 5.74) is 0.376. The molecule has 6 nitrogen and oxygen atoms in total. The summed E-state index contributed by atoms with van der Waals surface area (Å²) in [6.07, 6.45) is 3.24. The molecule has 0 saturated carbocycles. The minimum absolute atomic E-state index is 0.170. The van der Waals surface area contributed by atoms with Crippen LogP contribution in [0.2, 0.25) is 0 Å². The number of rotatable bonds is 6. The van der Waals surface area contributed by atoms with Gasteiger partial charge in [0.05, 0.1) is 0 Å². The Balaban J connectivity index is 2.35. The number of nitrogens with zero attached hydrogens (tertiary/aromatic N) is 2. The van der Waals surface area contributed by atoms with Crippen LogP contribution >= 0.6 is 0 Å². The molecule has 1 amide bonds. The van der Waals surface area contributed by atoms with Gasteiger partial charge in [0.15, 0.2) is 0 Å². The Kier molecular flexibility index (Phi) is 4.50. The van der Waals surface area contributed by atoms with Crippen LogP contribution in [0, 0.1) is 0 Å². The SMILES string of the molecule is CNC(=O)c1ccn(CCCCC(=O)O)n1. The lowest BCUT2D eigenvalue weighted by Crippen LogP contribution is -2.18. The number of aliphatic carboxylic acids is 1. The Morgan fingerprint density at radius 1 is 1.50 bits per heavy atom. The monoisotopic (exact) mass is 225 g/mol. The van der Waals surface area contributed by atoms with Gasteiger partial charge in [-0.25, -0.2) is 0 Å². The Bertz CT molecular complexity index is 373. The molecule has 2 N–H and O–H groups in total. The van der Waals surface area contributed by atoms with E-state index in [4.69, 9.17) is 5.11 Å². The molecule has 0 aliphatic rings. The van der Waals surface area contributed by atoms with Gasteiger partial charge in [-0.05, 0) is 18.9 Å². The maximum atomic E-state index is 11.2. The Morgan fingerprint density at radius 2 is 2.25 bits per heavy atom. The molecule has 1 aromatic heterocycles. The van der Waals surface area contributed by atoms with Crippen LogP contribution in [0.1, 0.15) is 29.8 Å². The lowest BCUT2D eigenvalue weighted by molar-refractivity contribution is -0.137. The van der Waals surface area contributed by atoms with Gasteiger partial charge in [-0.2, -0.15) is 5.10 Å². The predicted molar refractivity (Wildman–Crippen MR) is 57.1 cm³/mol. The van der Waals surface area contributed by atoms with Crippen LogP contribution in [0.25, 0.3) is 0 Å². The number of aryl methyl sites for hydroxylation is 1. The van der Waals surface area contributed by atoms with E-state index in [1.54, 1.807) is 24.0 Å². The van der Waals surface area contributed by atoms with Crippen molar-refractivity contribution < 1.29 is 14.7 Å². The highest BCUT2D eigenvalue weighted by atomic mass is 16.4. The first-order chi connectivity index (χ1) is 7.63. The van der Waals surface area contributed by atoms with Gasteiger partial charge in [-0.3, -0.25) is 14.3 Å². The van der Waals surface area contributed by atoms with E-state index < -0.39 is 5.97 Å². The number of carbonyl (C=O) groups is 2. The topological polar surface area (TPSA) is 84.2 Å². The molecular formula is C10H15N3O3. The Hall–Kier alpha value is -1.85. The molecule has 0 spiro atoms. The number of aromatic nitrogens is 2. The maximum absolute atomic E-state index is 11.2. The number of amides is 1. The molecule has 0 aliphatic heterocycles. The lowest BCUT2D eigenvalue weighted by atomic mass is 10.2. The molecular weight excluding hydrogens is 210 g/mol. The number of nitrogens with one attached hydrogen (secondary N) is 1. The van der Waals surface area contributed by atoms with E-state index in [0.29, 0.717) is 18.7 Å². The molecule has 0 aliphatic carbocycles. The molecule has 16 heavy (non-hydrogen) atoms. The molecule has 0 fully saturated rings. The second kappa shape index (κ2) is 5.89. The molecule has 1 rings (SSSR count). The molecule has 0 unspecified atom stereocenters. The Morgan fingerprint density at radius 3 is 2.88 bits per heavy atom. The van der Waals surface area contributed by atoms with Crippen molar-refractivity contribution in [1.82, 2.24) is 15.1 Å². The normalized spacial score (nSPS) is 10.1. The summed E-state index contributed by atoms with van der Waals surface area (Å²) in [6.45, 7) is 0.629. The van der Waals surface area contributed by atoms with E-state index in [9.17, 15) is 9.59 Å². The number of carboxylic acid groups (broad SMARTS) is 1. The van der Waals surface area contributed by atoms with Crippen molar-refractivity contribution in [3.05, 3.63) is 18.0 Å². The van der Waals surface area contributed by atoms with Crippen LogP contribution < -0.4 is 5.32 Å². The van der Waals surface area contributed by atoms with E-state index in [-0.39, 0.29) is 12.3 Å². The van der Waals surface area contributed by atoms with Crippen LogP contribution in [0.5, 0.6) is 0 Å². The van der Waals surface area contributed by atoms with E-state index in [0.717, 1.165) is 6.42 Å².